The van der Waals surface area contributed by atoms with Crippen LogP contribution in [0.2, 0.25) is 5.22 Å². The highest BCUT2D eigenvalue weighted by Gasteiger charge is 2.17. The van der Waals surface area contributed by atoms with E-state index in [4.69, 9.17) is 21.9 Å². The zero-order valence-electron chi connectivity index (χ0n) is 7.72. The van der Waals surface area contributed by atoms with Crippen molar-refractivity contribution in [1.29, 1.82) is 0 Å². The molecule has 3 N–H and O–H groups in total. The average Bonchev–Trinajstić information content (AvgIpc) is 2.68. The molecule has 0 aliphatic heterocycles. The van der Waals surface area contributed by atoms with Gasteiger partial charge in [-0.15, -0.1) is 0 Å². The van der Waals surface area contributed by atoms with Crippen molar-refractivity contribution in [3.8, 4) is 0 Å². The van der Waals surface area contributed by atoms with E-state index in [1.54, 1.807) is 30.7 Å². The van der Waals surface area contributed by atoms with Gasteiger partial charge in [-0.2, -0.15) is 0 Å². The number of nitrogens with one attached hydrogen (secondary N) is 1. The van der Waals surface area contributed by atoms with E-state index in [1.807, 2.05) is 0 Å². The molecule has 15 heavy (non-hydrogen) atoms. The van der Waals surface area contributed by atoms with Gasteiger partial charge in [0.2, 0.25) is 0 Å². The van der Waals surface area contributed by atoms with Crippen LogP contribution >= 0.6 is 11.6 Å². The Morgan fingerprint density at radius 2 is 2.27 bits per heavy atom. The second-order valence-corrected chi connectivity index (χ2v) is 3.24. The van der Waals surface area contributed by atoms with E-state index in [-0.39, 0.29) is 6.04 Å². The lowest BCUT2D eigenvalue weighted by molar-refractivity contribution is 0.448. The molecule has 0 aliphatic rings. The Hall–Kier alpha value is -1.43. The lowest BCUT2D eigenvalue weighted by Gasteiger charge is -2.11. The number of hydrogen-bond acceptors (Lipinski definition) is 5. The van der Waals surface area contributed by atoms with Crippen LogP contribution in [0.4, 0.5) is 0 Å². The molecule has 2 heterocycles. The Morgan fingerprint density at radius 1 is 1.40 bits per heavy atom. The summed E-state index contributed by atoms with van der Waals surface area (Å²) in [5.41, 5.74) is 3.27. The third kappa shape index (κ3) is 2.15. The van der Waals surface area contributed by atoms with Crippen LogP contribution in [-0.2, 0) is 0 Å². The number of nitrogens with zero attached hydrogens (tertiary/aromatic N) is 2. The fourth-order valence-electron chi connectivity index (χ4n) is 1.26. The van der Waals surface area contributed by atoms with Crippen molar-refractivity contribution in [2.45, 2.75) is 6.04 Å². The van der Waals surface area contributed by atoms with Crippen molar-refractivity contribution in [2.24, 2.45) is 5.84 Å². The maximum Gasteiger partial charge on any atom is 0.193 e. The first-order chi connectivity index (χ1) is 7.31. The van der Waals surface area contributed by atoms with Crippen LogP contribution in [0.15, 0.2) is 35.1 Å². The molecule has 0 saturated heterocycles. The number of hydrazine groups is 1. The van der Waals surface area contributed by atoms with Gasteiger partial charge in [-0.05, 0) is 23.7 Å². The van der Waals surface area contributed by atoms with Crippen molar-refractivity contribution in [3.63, 3.8) is 0 Å². The molecule has 5 nitrogen and oxygen atoms in total. The van der Waals surface area contributed by atoms with Crippen LogP contribution in [0.1, 0.15) is 17.5 Å². The Bertz CT molecular complexity index is 431. The number of aromatic nitrogens is 2. The van der Waals surface area contributed by atoms with E-state index in [2.05, 4.69) is 15.4 Å². The predicted octanol–water partition coefficient (Wildman–Crippen LogP) is 1.28. The van der Waals surface area contributed by atoms with Gasteiger partial charge >= 0.3 is 0 Å². The summed E-state index contributed by atoms with van der Waals surface area (Å²) in [5, 5.41) is 0.314. The highest BCUT2D eigenvalue weighted by Crippen LogP contribution is 2.23. The van der Waals surface area contributed by atoms with Gasteiger partial charge in [0.15, 0.2) is 5.22 Å². The van der Waals surface area contributed by atoms with E-state index in [9.17, 15) is 0 Å². The van der Waals surface area contributed by atoms with E-state index in [0.717, 1.165) is 0 Å². The van der Waals surface area contributed by atoms with Gasteiger partial charge in [-0.3, -0.25) is 15.8 Å². The first-order valence-electron chi connectivity index (χ1n) is 4.28. The minimum absolute atomic E-state index is 0.314. The van der Waals surface area contributed by atoms with Crippen molar-refractivity contribution in [2.75, 3.05) is 0 Å². The molecular formula is C9H9ClN4O. The minimum atomic E-state index is -0.341. The van der Waals surface area contributed by atoms with Crippen LogP contribution in [0.3, 0.4) is 0 Å². The van der Waals surface area contributed by atoms with Crippen molar-refractivity contribution >= 4 is 11.6 Å². The Balaban J connectivity index is 2.33. The summed E-state index contributed by atoms with van der Waals surface area (Å²) in [6.45, 7) is 0. The van der Waals surface area contributed by atoms with Crippen LogP contribution in [-0.4, -0.2) is 9.97 Å². The van der Waals surface area contributed by atoms with E-state index >= 15 is 0 Å². The zero-order chi connectivity index (χ0) is 10.7. The minimum Gasteiger partial charge on any atom is -0.448 e. The third-order valence-corrected chi connectivity index (χ3v) is 2.13. The van der Waals surface area contributed by atoms with Crippen molar-refractivity contribution < 1.29 is 4.42 Å². The fourth-order valence-corrected chi connectivity index (χ4v) is 1.41. The number of furan rings is 1. The standard InChI is InChI=1S/C9H9ClN4O/c10-8-2-1-7(15-8)9(14-11)6-5-12-3-4-13-6/h1-5,9,14H,11H2. The smallest absolute Gasteiger partial charge is 0.193 e. The van der Waals surface area contributed by atoms with Gasteiger partial charge in [-0.25, -0.2) is 5.43 Å². The fraction of sp³-hybridized carbons (Fsp3) is 0.111. The summed E-state index contributed by atoms with van der Waals surface area (Å²) in [5.74, 6) is 6.03. The highest BCUT2D eigenvalue weighted by atomic mass is 35.5. The quantitative estimate of drug-likeness (QED) is 0.607. The molecule has 0 saturated carbocycles. The number of hydrogen-bond donors (Lipinski definition) is 2. The first kappa shape index (κ1) is 10.1. The number of rotatable bonds is 3. The van der Waals surface area contributed by atoms with Gasteiger partial charge in [-0.1, -0.05) is 0 Å². The first-order valence-corrected chi connectivity index (χ1v) is 4.66. The highest BCUT2D eigenvalue weighted by molar-refractivity contribution is 6.28. The van der Waals surface area contributed by atoms with Crippen LogP contribution < -0.4 is 11.3 Å². The van der Waals surface area contributed by atoms with Gasteiger partial charge in [0.05, 0.1) is 11.9 Å². The van der Waals surface area contributed by atoms with Gasteiger partial charge in [0, 0.05) is 12.4 Å². The van der Waals surface area contributed by atoms with Gasteiger partial charge in [0.25, 0.3) is 0 Å². The summed E-state index contributed by atoms with van der Waals surface area (Å²) >= 11 is 5.68. The maximum absolute atomic E-state index is 5.68. The molecule has 0 amide bonds. The Morgan fingerprint density at radius 3 is 2.80 bits per heavy atom. The molecule has 0 radical (unpaired) electrons. The molecule has 0 spiro atoms. The summed E-state index contributed by atoms with van der Waals surface area (Å²) < 4.78 is 5.25. The topological polar surface area (TPSA) is 77.0 Å². The summed E-state index contributed by atoms with van der Waals surface area (Å²) in [7, 11) is 0. The second kappa shape index (κ2) is 4.39. The van der Waals surface area contributed by atoms with Crippen molar-refractivity contribution in [1.82, 2.24) is 15.4 Å². The zero-order valence-corrected chi connectivity index (χ0v) is 8.48. The lowest BCUT2D eigenvalue weighted by atomic mass is 10.2. The SMILES string of the molecule is NNC(c1cnccn1)c1ccc(Cl)o1. The molecule has 78 valence electrons. The second-order valence-electron chi connectivity index (χ2n) is 2.87. The van der Waals surface area contributed by atoms with E-state index in [1.165, 1.54) is 0 Å². The van der Waals surface area contributed by atoms with E-state index < -0.39 is 0 Å². The average molecular weight is 225 g/mol. The molecule has 1 atom stereocenters. The van der Waals surface area contributed by atoms with Crippen molar-refractivity contribution in [3.05, 3.63) is 47.4 Å². The normalized spacial score (nSPS) is 12.7. The Labute approximate surface area is 91.3 Å². The summed E-state index contributed by atoms with van der Waals surface area (Å²) in [6, 6.07) is 3.05. The molecule has 2 rings (SSSR count). The molecule has 0 aromatic carbocycles. The van der Waals surface area contributed by atoms with Gasteiger partial charge in [0.1, 0.15) is 11.8 Å². The summed E-state index contributed by atoms with van der Waals surface area (Å²) in [6.07, 6.45) is 4.79. The molecular weight excluding hydrogens is 216 g/mol. The molecule has 0 aliphatic carbocycles. The maximum atomic E-state index is 5.68. The molecule has 0 bridgehead atoms. The van der Waals surface area contributed by atoms with Crippen LogP contribution in [0.25, 0.3) is 0 Å². The van der Waals surface area contributed by atoms with Crippen LogP contribution in [0.5, 0.6) is 0 Å². The van der Waals surface area contributed by atoms with E-state index in [0.29, 0.717) is 16.7 Å². The number of nitrogens with two attached hydrogens (primary N) is 1. The molecule has 6 heteroatoms. The summed E-state index contributed by atoms with van der Waals surface area (Å²) in [4.78, 5) is 8.08. The predicted molar refractivity (Wildman–Crippen MR) is 54.9 cm³/mol. The lowest BCUT2D eigenvalue weighted by Crippen LogP contribution is -2.29. The van der Waals surface area contributed by atoms with Gasteiger partial charge < -0.3 is 4.42 Å². The Kier molecular flexibility index (Phi) is 2.96. The third-order valence-electron chi connectivity index (χ3n) is 1.92. The molecule has 0 fully saturated rings. The molecule has 2 aromatic heterocycles. The molecule has 1 unspecified atom stereocenters. The monoisotopic (exact) mass is 224 g/mol. The molecule has 2 aromatic rings. The number of halogens is 1. The largest absolute Gasteiger partial charge is 0.448 e. The van der Waals surface area contributed by atoms with Crippen LogP contribution in [0, 0.1) is 0 Å².